The molecule has 2 amide bonds. The predicted octanol–water partition coefficient (Wildman–Crippen LogP) is -0.776. The van der Waals surface area contributed by atoms with Gasteiger partial charge in [-0.25, -0.2) is 0 Å². The molecule has 1 unspecified atom stereocenters. The van der Waals surface area contributed by atoms with E-state index in [1.165, 1.54) is 0 Å². The summed E-state index contributed by atoms with van der Waals surface area (Å²) in [4.78, 5) is 22.3. The number of primary amides is 1. The van der Waals surface area contributed by atoms with Gasteiger partial charge in [0.2, 0.25) is 0 Å². The van der Waals surface area contributed by atoms with Crippen LogP contribution in [0.2, 0.25) is 0 Å². The van der Waals surface area contributed by atoms with Crippen LogP contribution in [0.1, 0.15) is 0 Å². The van der Waals surface area contributed by atoms with Gasteiger partial charge in [-0.1, -0.05) is 12.1 Å². The summed E-state index contributed by atoms with van der Waals surface area (Å²) >= 11 is 0. The number of aliphatic hydroxyl groups is 1. The van der Waals surface area contributed by atoms with Crippen molar-refractivity contribution in [3.05, 3.63) is 24.3 Å². The molecule has 0 saturated heterocycles. The Labute approximate surface area is 85.1 Å². The van der Waals surface area contributed by atoms with Gasteiger partial charge >= 0.3 is 0 Å². The molecule has 0 saturated carbocycles. The standard InChI is InChI=1S/C9H9N3O3/c10-7(13)9(15)8(14)11-5-3-1-2-4-6(5)12-9/h1-4,12,15H,(H2,10,13)(H,11,14). The molecule has 1 heterocycles. The number of carbonyl (C=O) groups is 2. The Morgan fingerprint density at radius 1 is 1.33 bits per heavy atom. The van der Waals surface area contributed by atoms with Crippen molar-refractivity contribution in [3.8, 4) is 0 Å². The Morgan fingerprint density at radius 2 is 1.93 bits per heavy atom. The van der Waals surface area contributed by atoms with Crippen LogP contribution in [0.15, 0.2) is 24.3 Å². The molecule has 0 radical (unpaired) electrons. The van der Waals surface area contributed by atoms with E-state index >= 15 is 0 Å². The fraction of sp³-hybridized carbons (Fsp3) is 0.111. The molecule has 5 N–H and O–H groups in total. The number of nitrogens with two attached hydrogens (primary N) is 1. The van der Waals surface area contributed by atoms with Gasteiger partial charge in [0.15, 0.2) is 0 Å². The van der Waals surface area contributed by atoms with E-state index < -0.39 is 17.5 Å². The Balaban J connectivity index is 2.46. The van der Waals surface area contributed by atoms with Gasteiger partial charge < -0.3 is 21.5 Å². The maximum Gasteiger partial charge on any atom is 0.298 e. The number of hydrogen-bond acceptors (Lipinski definition) is 4. The zero-order chi connectivity index (χ0) is 11.1. The summed E-state index contributed by atoms with van der Waals surface area (Å²) in [7, 11) is 0. The number of nitrogens with one attached hydrogen (secondary N) is 2. The molecular formula is C9H9N3O3. The van der Waals surface area contributed by atoms with Crippen molar-refractivity contribution in [1.29, 1.82) is 0 Å². The number of carbonyl (C=O) groups excluding carboxylic acids is 2. The van der Waals surface area contributed by atoms with Gasteiger partial charge in [-0.2, -0.15) is 0 Å². The van der Waals surface area contributed by atoms with Crippen molar-refractivity contribution in [2.75, 3.05) is 10.6 Å². The first-order chi connectivity index (χ1) is 7.04. The smallest absolute Gasteiger partial charge is 0.298 e. The highest BCUT2D eigenvalue weighted by atomic mass is 16.3. The van der Waals surface area contributed by atoms with Crippen molar-refractivity contribution in [1.82, 2.24) is 0 Å². The first kappa shape index (κ1) is 9.47. The lowest BCUT2D eigenvalue weighted by molar-refractivity contribution is -0.145. The Hall–Kier alpha value is -2.08. The molecule has 0 fully saturated rings. The van der Waals surface area contributed by atoms with Gasteiger partial charge in [0.1, 0.15) is 0 Å². The summed E-state index contributed by atoms with van der Waals surface area (Å²) < 4.78 is 0. The van der Waals surface area contributed by atoms with Crippen molar-refractivity contribution in [2.45, 2.75) is 5.72 Å². The summed E-state index contributed by atoms with van der Waals surface area (Å²) in [5.74, 6) is -2.02. The number of amides is 2. The van der Waals surface area contributed by atoms with Gasteiger partial charge in [0.25, 0.3) is 17.5 Å². The largest absolute Gasteiger partial charge is 0.365 e. The van der Waals surface area contributed by atoms with E-state index in [0.717, 1.165) is 0 Å². The first-order valence-electron chi connectivity index (χ1n) is 4.25. The molecule has 1 aliphatic rings. The van der Waals surface area contributed by atoms with Crippen LogP contribution in [0.3, 0.4) is 0 Å². The van der Waals surface area contributed by atoms with Gasteiger partial charge in [-0.15, -0.1) is 0 Å². The summed E-state index contributed by atoms with van der Waals surface area (Å²) in [5.41, 5.74) is 3.49. The Bertz CT molecular complexity index is 446. The normalized spacial score (nSPS) is 23.7. The molecule has 0 spiro atoms. The SMILES string of the molecule is NC(=O)C1(O)Nc2ccccc2NC1=O. The number of anilines is 2. The summed E-state index contributed by atoms with van der Waals surface area (Å²) in [6.07, 6.45) is 0. The molecule has 6 heteroatoms. The van der Waals surface area contributed by atoms with Crippen LogP contribution in [-0.2, 0) is 9.59 Å². The van der Waals surface area contributed by atoms with Crippen LogP contribution in [0.25, 0.3) is 0 Å². The van der Waals surface area contributed by atoms with E-state index in [4.69, 9.17) is 5.73 Å². The maximum atomic E-state index is 11.4. The molecule has 6 nitrogen and oxygen atoms in total. The molecule has 1 atom stereocenters. The van der Waals surface area contributed by atoms with Crippen LogP contribution in [0.4, 0.5) is 11.4 Å². The van der Waals surface area contributed by atoms with E-state index in [1.54, 1.807) is 24.3 Å². The third-order valence-electron chi connectivity index (χ3n) is 2.18. The van der Waals surface area contributed by atoms with Crippen molar-refractivity contribution in [3.63, 3.8) is 0 Å². The monoisotopic (exact) mass is 207 g/mol. The van der Waals surface area contributed by atoms with E-state index in [0.29, 0.717) is 11.4 Å². The topological polar surface area (TPSA) is 104 Å². The fourth-order valence-electron chi connectivity index (χ4n) is 1.34. The van der Waals surface area contributed by atoms with Gasteiger partial charge in [0.05, 0.1) is 11.4 Å². The number of rotatable bonds is 1. The summed E-state index contributed by atoms with van der Waals surface area (Å²) in [6, 6.07) is 6.67. The molecule has 1 aromatic carbocycles. The van der Waals surface area contributed by atoms with Crippen molar-refractivity contribution in [2.24, 2.45) is 5.73 Å². The molecule has 2 rings (SSSR count). The van der Waals surface area contributed by atoms with E-state index in [1.807, 2.05) is 0 Å². The zero-order valence-electron chi connectivity index (χ0n) is 7.65. The fourth-order valence-corrected chi connectivity index (χ4v) is 1.34. The molecule has 0 aromatic heterocycles. The summed E-state index contributed by atoms with van der Waals surface area (Å²) in [5, 5.41) is 14.4. The minimum atomic E-state index is -2.38. The van der Waals surface area contributed by atoms with Gasteiger partial charge in [-0.05, 0) is 12.1 Å². The molecule has 0 bridgehead atoms. The highest BCUT2D eigenvalue weighted by Crippen LogP contribution is 2.29. The van der Waals surface area contributed by atoms with Crippen LogP contribution in [0, 0.1) is 0 Å². The van der Waals surface area contributed by atoms with Crippen LogP contribution in [-0.4, -0.2) is 22.6 Å². The predicted molar refractivity (Wildman–Crippen MR) is 52.8 cm³/mol. The molecule has 0 aliphatic carbocycles. The lowest BCUT2D eigenvalue weighted by atomic mass is 10.1. The van der Waals surface area contributed by atoms with E-state index in [9.17, 15) is 14.7 Å². The number of fused-ring (bicyclic) bond motifs is 1. The van der Waals surface area contributed by atoms with Crippen molar-refractivity contribution >= 4 is 23.2 Å². The second-order valence-corrected chi connectivity index (χ2v) is 3.20. The van der Waals surface area contributed by atoms with Crippen molar-refractivity contribution < 1.29 is 14.7 Å². The minimum absolute atomic E-state index is 0.443. The van der Waals surface area contributed by atoms with E-state index in [2.05, 4.69) is 10.6 Å². The maximum absolute atomic E-state index is 11.4. The Kier molecular flexibility index (Phi) is 1.87. The average molecular weight is 207 g/mol. The number of hydrogen-bond donors (Lipinski definition) is 4. The van der Waals surface area contributed by atoms with Gasteiger partial charge in [-0.3, -0.25) is 9.59 Å². The molecular weight excluding hydrogens is 198 g/mol. The third-order valence-corrected chi connectivity index (χ3v) is 2.18. The van der Waals surface area contributed by atoms with Crippen LogP contribution >= 0.6 is 0 Å². The minimum Gasteiger partial charge on any atom is -0.365 e. The van der Waals surface area contributed by atoms with E-state index in [-0.39, 0.29) is 0 Å². The summed E-state index contributed by atoms with van der Waals surface area (Å²) in [6.45, 7) is 0. The third kappa shape index (κ3) is 1.31. The van der Waals surface area contributed by atoms with Crippen LogP contribution in [0.5, 0.6) is 0 Å². The molecule has 15 heavy (non-hydrogen) atoms. The molecule has 78 valence electrons. The zero-order valence-corrected chi connectivity index (χ0v) is 7.65. The lowest BCUT2D eigenvalue weighted by Gasteiger charge is -2.31. The average Bonchev–Trinajstić information content (AvgIpc) is 2.19. The lowest BCUT2D eigenvalue weighted by Crippen LogP contribution is -2.60. The second-order valence-electron chi connectivity index (χ2n) is 3.20. The Morgan fingerprint density at radius 3 is 2.53 bits per heavy atom. The number of benzene rings is 1. The molecule has 1 aromatic rings. The number of para-hydroxylation sites is 2. The highest BCUT2D eigenvalue weighted by molar-refractivity contribution is 6.18. The van der Waals surface area contributed by atoms with Gasteiger partial charge in [0, 0.05) is 0 Å². The first-order valence-corrected chi connectivity index (χ1v) is 4.25. The quantitative estimate of drug-likeness (QED) is 0.453. The second kappa shape index (κ2) is 2.96. The molecule has 1 aliphatic heterocycles. The van der Waals surface area contributed by atoms with Crippen LogP contribution < -0.4 is 16.4 Å². The highest BCUT2D eigenvalue weighted by Gasteiger charge is 2.45.